The lowest BCUT2D eigenvalue weighted by Gasteiger charge is -2.18. The van der Waals surface area contributed by atoms with Crippen LogP contribution >= 0.6 is 12.2 Å². The Bertz CT molecular complexity index is 304. The predicted octanol–water partition coefficient (Wildman–Crippen LogP) is 1.96. The fraction of sp³-hybridized carbons (Fsp3) is 0.364. The zero-order chi connectivity index (χ0) is 9.80. The summed E-state index contributed by atoms with van der Waals surface area (Å²) in [6.07, 6.45) is 2.54. The van der Waals surface area contributed by atoms with Gasteiger partial charge in [0.15, 0.2) is 0 Å². The Morgan fingerprint density at radius 2 is 1.79 bits per heavy atom. The van der Waals surface area contributed by atoms with Crippen LogP contribution in [-0.2, 0) is 0 Å². The van der Waals surface area contributed by atoms with Crippen molar-refractivity contribution in [1.29, 1.82) is 0 Å². The topological polar surface area (TPSA) is 15.3 Å². The molecule has 1 fully saturated rings. The molecule has 1 aromatic rings. The molecule has 1 saturated heterocycles. The Hall–Kier alpha value is -0.930. The number of hydrogen-bond donors (Lipinski definition) is 1. The largest absolute Gasteiger partial charge is 0.309 e. The molecule has 1 aliphatic heterocycles. The monoisotopic (exact) mass is 206 g/mol. The van der Waals surface area contributed by atoms with E-state index in [1.54, 1.807) is 0 Å². The molecule has 0 aromatic heterocycles. The third-order valence-corrected chi connectivity index (χ3v) is 2.73. The lowest BCUT2D eigenvalue weighted by molar-refractivity contribution is 0.298. The highest BCUT2D eigenvalue weighted by molar-refractivity contribution is 7.80. The minimum atomic E-state index is 0.826. The molecule has 0 saturated carbocycles. The van der Waals surface area contributed by atoms with Crippen molar-refractivity contribution in [1.82, 2.24) is 10.4 Å². The maximum absolute atomic E-state index is 5.30. The highest BCUT2D eigenvalue weighted by atomic mass is 32.1. The van der Waals surface area contributed by atoms with Crippen LogP contribution in [0.4, 0.5) is 0 Å². The molecule has 1 aliphatic rings. The molecule has 2 nitrogen and oxygen atoms in total. The lowest BCUT2D eigenvalue weighted by Crippen LogP contribution is -2.39. The quantitative estimate of drug-likeness (QED) is 0.745. The van der Waals surface area contributed by atoms with Crippen LogP contribution in [-0.4, -0.2) is 23.1 Å². The van der Waals surface area contributed by atoms with Gasteiger partial charge in [-0.05, 0) is 12.8 Å². The molecule has 0 bridgehead atoms. The van der Waals surface area contributed by atoms with Gasteiger partial charge in [-0.3, -0.25) is 0 Å². The van der Waals surface area contributed by atoms with Crippen molar-refractivity contribution in [2.75, 3.05) is 13.1 Å². The van der Waals surface area contributed by atoms with Crippen LogP contribution in [0.15, 0.2) is 30.3 Å². The van der Waals surface area contributed by atoms with Gasteiger partial charge in [-0.1, -0.05) is 42.5 Å². The van der Waals surface area contributed by atoms with E-state index in [1.165, 1.54) is 12.8 Å². The minimum Gasteiger partial charge on any atom is -0.309 e. The molecule has 0 unspecified atom stereocenters. The predicted molar refractivity (Wildman–Crippen MR) is 62.1 cm³/mol. The maximum Gasteiger partial charge on any atom is 0.120 e. The maximum atomic E-state index is 5.30. The van der Waals surface area contributed by atoms with E-state index in [2.05, 4.69) is 10.4 Å². The van der Waals surface area contributed by atoms with Crippen LogP contribution in [0.2, 0.25) is 0 Å². The van der Waals surface area contributed by atoms with E-state index in [1.807, 2.05) is 30.3 Å². The van der Waals surface area contributed by atoms with Gasteiger partial charge in [0.1, 0.15) is 4.99 Å². The van der Waals surface area contributed by atoms with E-state index in [4.69, 9.17) is 12.2 Å². The van der Waals surface area contributed by atoms with Crippen molar-refractivity contribution in [2.45, 2.75) is 12.8 Å². The van der Waals surface area contributed by atoms with Crippen molar-refractivity contribution in [3.05, 3.63) is 35.9 Å². The normalized spacial score (nSPS) is 16.9. The summed E-state index contributed by atoms with van der Waals surface area (Å²) in [6.45, 7) is 2.21. The first-order valence-corrected chi connectivity index (χ1v) is 5.38. The Morgan fingerprint density at radius 1 is 1.14 bits per heavy atom. The van der Waals surface area contributed by atoms with E-state index in [0.29, 0.717) is 0 Å². The molecule has 0 spiro atoms. The summed E-state index contributed by atoms with van der Waals surface area (Å²) >= 11 is 5.30. The van der Waals surface area contributed by atoms with Gasteiger partial charge < -0.3 is 5.43 Å². The zero-order valence-corrected chi connectivity index (χ0v) is 8.89. The first-order valence-electron chi connectivity index (χ1n) is 4.97. The Kier molecular flexibility index (Phi) is 3.11. The van der Waals surface area contributed by atoms with Gasteiger partial charge in [-0.15, -0.1) is 0 Å². The Balaban J connectivity index is 1.95. The molecule has 0 amide bonds. The standard InChI is InChI=1S/C11H14N2S/c14-11(10-6-2-1-3-7-10)12-13-8-4-5-9-13/h1-3,6-7H,4-5,8-9H2,(H,12,14). The van der Waals surface area contributed by atoms with E-state index < -0.39 is 0 Å². The van der Waals surface area contributed by atoms with E-state index in [9.17, 15) is 0 Å². The molecule has 14 heavy (non-hydrogen) atoms. The summed E-state index contributed by atoms with van der Waals surface area (Å²) in [5.41, 5.74) is 4.35. The van der Waals surface area contributed by atoms with Gasteiger partial charge in [-0.2, -0.15) is 0 Å². The minimum absolute atomic E-state index is 0.826. The van der Waals surface area contributed by atoms with Gasteiger partial charge in [0.25, 0.3) is 0 Å². The fourth-order valence-corrected chi connectivity index (χ4v) is 1.89. The molecule has 3 heteroatoms. The van der Waals surface area contributed by atoms with Gasteiger partial charge in [0, 0.05) is 18.7 Å². The number of nitrogens with one attached hydrogen (secondary N) is 1. The molecular weight excluding hydrogens is 192 g/mol. The van der Waals surface area contributed by atoms with Gasteiger partial charge in [-0.25, -0.2) is 5.01 Å². The molecular formula is C11H14N2S. The number of hydrogen-bond acceptors (Lipinski definition) is 2. The molecule has 0 atom stereocenters. The number of nitrogens with zero attached hydrogens (tertiary/aromatic N) is 1. The van der Waals surface area contributed by atoms with E-state index in [0.717, 1.165) is 23.6 Å². The second-order valence-electron chi connectivity index (χ2n) is 3.50. The van der Waals surface area contributed by atoms with Crippen LogP contribution in [0.3, 0.4) is 0 Å². The van der Waals surface area contributed by atoms with Crippen molar-refractivity contribution in [3.63, 3.8) is 0 Å². The highest BCUT2D eigenvalue weighted by Gasteiger charge is 2.12. The molecule has 1 N–H and O–H groups in total. The highest BCUT2D eigenvalue weighted by Crippen LogP contribution is 2.06. The third kappa shape index (κ3) is 2.30. The number of hydrazine groups is 1. The average molecular weight is 206 g/mol. The van der Waals surface area contributed by atoms with Crippen molar-refractivity contribution < 1.29 is 0 Å². The van der Waals surface area contributed by atoms with Crippen LogP contribution in [0, 0.1) is 0 Å². The first-order chi connectivity index (χ1) is 6.86. The summed E-state index contributed by atoms with van der Waals surface area (Å²) in [7, 11) is 0. The van der Waals surface area contributed by atoms with Crippen LogP contribution < -0.4 is 5.43 Å². The number of benzene rings is 1. The summed E-state index contributed by atoms with van der Waals surface area (Å²) in [5.74, 6) is 0. The lowest BCUT2D eigenvalue weighted by atomic mass is 10.2. The van der Waals surface area contributed by atoms with Gasteiger partial charge >= 0.3 is 0 Å². The molecule has 74 valence electrons. The van der Waals surface area contributed by atoms with Crippen LogP contribution in [0.5, 0.6) is 0 Å². The Morgan fingerprint density at radius 3 is 2.43 bits per heavy atom. The molecule has 0 aliphatic carbocycles. The van der Waals surface area contributed by atoms with Crippen LogP contribution in [0.1, 0.15) is 18.4 Å². The first kappa shape index (κ1) is 9.62. The average Bonchev–Trinajstić information content (AvgIpc) is 2.72. The van der Waals surface area contributed by atoms with Crippen LogP contribution in [0.25, 0.3) is 0 Å². The second kappa shape index (κ2) is 4.53. The van der Waals surface area contributed by atoms with Crippen molar-refractivity contribution in [3.8, 4) is 0 Å². The van der Waals surface area contributed by atoms with Crippen molar-refractivity contribution in [2.24, 2.45) is 0 Å². The zero-order valence-electron chi connectivity index (χ0n) is 8.07. The smallest absolute Gasteiger partial charge is 0.120 e. The summed E-state index contributed by atoms with van der Waals surface area (Å²) in [4.78, 5) is 0.826. The van der Waals surface area contributed by atoms with Gasteiger partial charge in [0.2, 0.25) is 0 Å². The fourth-order valence-electron chi connectivity index (χ4n) is 1.63. The third-order valence-electron chi connectivity index (χ3n) is 2.40. The molecule has 2 rings (SSSR count). The molecule has 1 heterocycles. The number of thiocarbonyl (C=S) groups is 1. The van der Waals surface area contributed by atoms with Gasteiger partial charge in [0.05, 0.1) is 0 Å². The second-order valence-corrected chi connectivity index (χ2v) is 3.91. The molecule has 0 radical (unpaired) electrons. The molecule has 1 aromatic carbocycles. The Labute approximate surface area is 89.9 Å². The summed E-state index contributed by atoms with van der Waals surface area (Å²) in [5, 5.41) is 2.19. The number of rotatable bonds is 2. The SMILES string of the molecule is S=C(NN1CCCC1)c1ccccc1. The van der Waals surface area contributed by atoms with Crippen molar-refractivity contribution >= 4 is 17.2 Å². The van der Waals surface area contributed by atoms with E-state index in [-0.39, 0.29) is 0 Å². The summed E-state index contributed by atoms with van der Waals surface area (Å²) < 4.78 is 0. The summed E-state index contributed by atoms with van der Waals surface area (Å²) in [6, 6.07) is 10.1. The van der Waals surface area contributed by atoms with E-state index >= 15 is 0 Å².